The number of hydrogen-bond donors (Lipinski definition) is 0. The zero-order valence-electron chi connectivity index (χ0n) is 27.5. The molecule has 0 fully saturated rings. The molecule has 0 saturated carbocycles. The van der Waals surface area contributed by atoms with Crippen LogP contribution in [0.1, 0.15) is 81.8 Å². The summed E-state index contributed by atoms with van der Waals surface area (Å²) in [6, 6.07) is 33.3. The fraction of sp³-hybridized carbons (Fsp3) is 0.227. The molecule has 1 heteroatoms. The molecular formula is C44H40Si. The molecule has 5 aromatic carbocycles. The minimum atomic E-state index is -1.99. The molecule has 0 spiro atoms. The maximum atomic E-state index is 4.01. The Bertz CT molecular complexity index is 2080. The van der Waals surface area contributed by atoms with Crippen molar-refractivity contribution in [3.05, 3.63) is 130 Å². The van der Waals surface area contributed by atoms with Crippen molar-refractivity contribution in [1.82, 2.24) is 0 Å². The highest BCUT2D eigenvalue weighted by molar-refractivity contribution is 6.90. The average molecular weight is 597 g/mol. The molecule has 0 bridgehead atoms. The van der Waals surface area contributed by atoms with Gasteiger partial charge >= 0.3 is 0 Å². The van der Waals surface area contributed by atoms with Crippen molar-refractivity contribution in [2.75, 3.05) is 0 Å². The molecule has 0 aromatic heterocycles. The third-order valence-electron chi connectivity index (χ3n) is 8.89. The van der Waals surface area contributed by atoms with E-state index in [1.807, 2.05) is 67.6 Å². The van der Waals surface area contributed by atoms with Gasteiger partial charge in [-0.25, -0.2) is 0 Å². The summed E-state index contributed by atoms with van der Waals surface area (Å²) < 4.78 is 0. The van der Waals surface area contributed by atoms with Crippen LogP contribution in [0.4, 0.5) is 0 Å². The zero-order valence-corrected chi connectivity index (χ0v) is 28.5. The van der Waals surface area contributed by atoms with Gasteiger partial charge in [0.15, 0.2) is 0 Å². The summed E-state index contributed by atoms with van der Waals surface area (Å²) in [5.74, 6) is 23.9. The largest absolute Gasteiger partial charge is 0.146 e. The van der Waals surface area contributed by atoms with Crippen LogP contribution in [0, 0.1) is 47.0 Å². The summed E-state index contributed by atoms with van der Waals surface area (Å²) in [5, 5.41) is 4.42. The van der Waals surface area contributed by atoms with Crippen molar-refractivity contribution >= 4 is 29.6 Å². The van der Waals surface area contributed by atoms with E-state index in [0.29, 0.717) is 16.6 Å². The predicted octanol–water partition coefficient (Wildman–Crippen LogP) is 10.7. The van der Waals surface area contributed by atoms with Crippen LogP contribution in [-0.4, -0.2) is 8.07 Å². The van der Waals surface area contributed by atoms with Crippen LogP contribution >= 0.6 is 0 Å². The molecular weight excluding hydrogens is 557 g/mol. The fourth-order valence-corrected chi connectivity index (χ4v) is 11.9. The van der Waals surface area contributed by atoms with E-state index in [4.69, 9.17) is 0 Å². The molecule has 0 aliphatic heterocycles. The SMILES string of the molecule is CC#Cc1c2ccc(C#Cc3ccccc3)cc2c(C#C[Si](C(C)C)(C(C)C)C(C)C)c2ccc(C#Cc3ccccc3)cc12. The van der Waals surface area contributed by atoms with Gasteiger partial charge in [-0.2, -0.15) is 0 Å². The summed E-state index contributed by atoms with van der Waals surface area (Å²) in [6.07, 6.45) is 0. The van der Waals surface area contributed by atoms with E-state index < -0.39 is 8.07 Å². The molecule has 0 heterocycles. The second-order valence-corrected chi connectivity index (χ2v) is 18.1. The summed E-state index contributed by atoms with van der Waals surface area (Å²) in [7, 11) is -1.99. The van der Waals surface area contributed by atoms with Gasteiger partial charge in [0.05, 0.1) is 0 Å². The number of hydrogen-bond acceptors (Lipinski definition) is 0. The number of fused-ring (bicyclic) bond motifs is 2. The molecule has 0 N–H and O–H groups in total. The van der Waals surface area contributed by atoms with Crippen LogP contribution in [-0.2, 0) is 0 Å². The molecule has 5 rings (SSSR count). The lowest BCUT2D eigenvalue weighted by Gasteiger charge is -2.38. The average Bonchev–Trinajstić information content (AvgIpc) is 3.04. The first-order valence-electron chi connectivity index (χ1n) is 15.9. The first-order chi connectivity index (χ1) is 21.7. The van der Waals surface area contributed by atoms with E-state index in [9.17, 15) is 0 Å². The molecule has 45 heavy (non-hydrogen) atoms. The van der Waals surface area contributed by atoms with Crippen LogP contribution in [0.2, 0.25) is 16.6 Å². The fourth-order valence-electron chi connectivity index (χ4n) is 6.71. The van der Waals surface area contributed by atoms with Gasteiger partial charge in [0.25, 0.3) is 0 Å². The zero-order chi connectivity index (χ0) is 32.0. The van der Waals surface area contributed by atoms with Gasteiger partial charge in [0.2, 0.25) is 0 Å². The van der Waals surface area contributed by atoms with Crippen LogP contribution in [0.15, 0.2) is 97.1 Å². The van der Waals surface area contributed by atoms with Gasteiger partial charge in [-0.1, -0.05) is 126 Å². The second-order valence-electron chi connectivity index (χ2n) is 12.5. The Labute approximate surface area is 271 Å². The molecule has 0 atom stereocenters. The van der Waals surface area contributed by atoms with Crippen LogP contribution in [0.5, 0.6) is 0 Å². The van der Waals surface area contributed by atoms with E-state index in [1.54, 1.807) is 0 Å². The van der Waals surface area contributed by atoms with Crippen LogP contribution in [0.3, 0.4) is 0 Å². The molecule has 0 aliphatic carbocycles. The Morgan fingerprint density at radius 1 is 0.422 bits per heavy atom. The summed E-state index contributed by atoms with van der Waals surface area (Å²) in [5.41, 5.74) is 11.6. The highest BCUT2D eigenvalue weighted by atomic mass is 28.3. The Hall–Kier alpha value is -4.92. The summed E-state index contributed by atoms with van der Waals surface area (Å²) in [4.78, 5) is 0. The molecule has 5 aromatic rings. The van der Waals surface area contributed by atoms with Crippen LogP contribution < -0.4 is 0 Å². The predicted molar refractivity (Wildman–Crippen MR) is 197 cm³/mol. The van der Waals surface area contributed by atoms with Crippen molar-refractivity contribution in [2.45, 2.75) is 65.1 Å². The third kappa shape index (κ3) is 6.62. The molecule has 0 unspecified atom stereocenters. The van der Waals surface area contributed by atoms with Gasteiger partial charge in [0.1, 0.15) is 8.07 Å². The molecule has 0 radical (unpaired) electrons. The van der Waals surface area contributed by atoms with Gasteiger partial charge < -0.3 is 0 Å². The summed E-state index contributed by atoms with van der Waals surface area (Å²) in [6.45, 7) is 16.1. The number of benzene rings is 5. The Morgan fingerprint density at radius 2 is 0.822 bits per heavy atom. The maximum absolute atomic E-state index is 4.01. The van der Waals surface area contributed by atoms with Crippen molar-refractivity contribution in [2.24, 2.45) is 0 Å². The van der Waals surface area contributed by atoms with Crippen molar-refractivity contribution in [3.63, 3.8) is 0 Å². The normalized spacial score (nSPS) is 10.9. The Balaban J connectivity index is 1.82. The van der Waals surface area contributed by atoms with Crippen molar-refractivity contribution in [1.29, 1.82) is 0 Å². The first-order valence-corrected chi connectivity index (χ1v) is 18.1. The van der Waals surface area contributed by atoms with E-state index in [2.05, 4.69) is 125 Å². The van der Waals surface area contributed by atoms with Gasteiger partial charge in [0, 0.05) is 44.2 Å². The highest BCUT2D eigenvalue weighted by Crippen LogP contribution is 2.41. The molecule has 220 valence electrons. The van der Waals surface area contributed by atoms with E-state index in [-0.39, 0.29) is 0 Å². The lowest BCUT2D eigenvalue weighted by molar-refractivity contribution is 0.838. The lowest BCUT2D eigenvalue weighted by Crippen LogP contribution is -2.43. The monoisotopic (exact) mass is 596 g/mol. The Morgan fingerprint density at radius 3 is 1.22 bits per heavy atom. The lowest BCUT2D eigenvalue weighted by atomic mass is 9.90. The van der Waals surface area contributed by atoms with E-state index in [0.717, 1.165) is 54.9 Å². The van der Waals surface area contributed by atoms with Crippen molar-refractivity contribution < 1.29 is 0 Å². The minimum absolute atomic E-state index is 0.542. The van der Waals surface area contributed by atoms with Gasteiger partial charge in [-0.3, -0.25) is 0 Å². The third-order valence-corrected chi connectivity index (χ3v) is 15.2. The maximum Gasteiger partial charge on any atom is 0.146 e. The van der Waals surface area contributed by atoms with E-state index in [1.165, 1.54) is 0 Å². The minimum Gasteiger partial charge on any atom is -0.125 e. The second kappa shape index (κ2) is 13.8. The van der Waals surface area contributed by atoms with Gasteiger partial charge in [-0.05, 0) is 82.9 Å². The highest BCUT2D eigenvalue weighted by Gasteiger charge is 2.41. The van der Waals surface area contributed by atoms with Crippen molar-refractivity contribution in [3.8, 4) is 47.0 Å². The topological polar surface area (TPSA) is 0 Å². The van der Waals surface area contributed by atoms with Gasteiger partial charge in [-0.15, -0.1) is 11.5 Å². The smallest absolute Gasteiger partial charge is 0.125 e. The molecule has 0 aliphatic rings. The summed E-state index contributed by atoms with van der Waals surface area (Å²) >= 11 is 0. The van der Waals surface area contributed by atoms with Crippen LogP contribution in [0.25, 0.3) is 21.5 Å². The molecule has 0 saturated heterocycles. The standard InChI is InChI=1S/C44H40Si/c1-8-15-39-40-26-24-38(23-21-36-18-13-10-14-19-36)31-44(40)42(28-29-45(32(2)3,33(4)5)34(6)7)41-27-25-37(30-43(39)41)22-20-35-16-11-9-12-17-35/h9-14,16-19,24-27,30-34H,1-7H3. The molecule has 0 amide bonds. The first kappa shape index (κ1) is 31.5. The number of rotatable bonds is 3. The molecule has 0 nitrogen and oxygen atoms in total. The Kier molecular flexibility index (Phi) is 9.66. The van der Waals surface area contributed by atoms with E-state index >= 15 is 0 Å². The quantitative estimate of drug-likeness (QED) is 0.110.